The molecule has 0 spiro atoms. The highest BCUT2D eigenvalue weighted by molar-refractivity contribution is 8.01. The molecule has 2 amide bonds. The topological polar surface area (TPSA) is 114 Å². The van der Waals surface area contributed by atoms with Crippen molar-refractivity contribution in [2.75, 3.05) is 21.3 Å². The van der Waals surface area contributed by atoms with Gasteiger partial charge in [0.25, 0.3) is 0 Å². The van der Waals surface area contributed by atoms with Crippen molar-refractivity contribution in [2.45, 2.75) is 36.1 Å². The molecule has 30 heavy (non-hydrogen) atoms. The highest BCUT2D eigenvalue weighted by Gasteiger charge is 2.64. The Hall–Kier alpha value is -2.88. The van der Waals surface area contributed by atoms with Crippen LogP contribution in [0.15, 0.2) is 18.2 Å². The van der Waals surface area contributed by atoms with Gasteiger partial charge in [-0.05, 0) is 37.6 Å². The van der Waals surface area contributed by atoms with E-state index in [0.717, 1.165) is 0 Å². The number of fused-ring (bicyclic) bond motifs is 1. The van der Waals surface area contributed by atoms with Gasteiger partial charge in [-0.2, -0.15) is 0 Å². The predicted molar refractivity (Wildman–Crippen MR) is 111 cm³/mol. The molecule has 162 valence electrons. The smallest absolute Gasteiger partial charge is 0.327 e. The monoisotopic (exact) mass is 436 g/mol. The first-order valence-electron chi connectivity index (χ1n) is 9.16. The van der Waals surface area contributed by atoms with Crippen LogP contribution in [-0.2, 0) is 14.4 Å². The molecule has 1 aromatic carbocycles. The van der Waals surface area contributed by atoms with Gasteiger partial charge in [-0.3, -0.25) is 9.59 Å². The minimum atomic E-state index is -1.05. The van der Waals surface area contributed by atoms with Crippen molar-refractivity contribution in [1.82, 2.24) is 10.2 Å². The number of hydrogen-bond donors (Lipinski definition) is 2. The predicted octanol–water partition coefficient (Wildman–Crippen LogP) is 1.36. The number of methoxy groups -OCH3 is 3. The lowest BCUT2D eigenvalue weighted by atomic mass is 9.96. The molecular formula is C20H24N2O7S. The standard InChI is InChI=1S/C20H24N2O7S/c1-20(2)16(19(25)26)22-17(24)14(18(22)30-20)21-13(23)7-6-10-8-11(27-3)15(29-5)12(9-10)28-4/h6-9,14,16,18H,1-5H3,(H,21,23)(H,25,26)/b7-6+/t14-,16+,18+/m1/s1. The zero-order valence-corrected chi connectivity index (χ0v) is 18.1. The highest BCUT2D eigenvalue weighted by Crippen LogP contribution is 2.50. The first-order chi connectivity index (χ1) is 14.1. The van der Waals surface area contributed by atoms with Crippen molar-refractivity contribution in [3.8, 4) is 17.2 Å². The van der Waals surface area contributed by atoms with Crippen molar-refractivity contribution in [3.05, 3.63) is 23.8 Å². The number of benzene rings is 1. The summed E-state index contributed by atoms with van der Waals surface area (Å²) in [6.07, 6.45) is 2.86. The minimum absolute atomic E-state index is 0.389. The number of amides is 2. The van der Waals surface area contributed by atoms with Gasteiger partial charge in [-0.1, -0.05) is 0 Å². The van der Waals surface area contributed by atoms with Crippen molar-refractivity contribution in [3.63, 3.8) is 0 Å². The molecule has 0 aliphatic carbocycles. The molecule has 0 aromatic heterocycles. The molecule has 1 aromatic rings. The number of thioether (sulfide) groups is 1. The van der Waals surface area contributed by atoms with Crippen LogP contribution in [0, 0.1) is 0 Å². The third-order valence-corrected chi connectivity index (χ3v) is 6.66. The van der Waals surface area contributed by atoms with Gasteiger partial charge in [0.2, 0.25) is 17.6 Å². The summed E-state index contributed by atoms with van der Waals surface area (Å²) in [4.78, 5) is 37.7. The van der Waals surface area contributed by atoms with E-state index < -0.39 is 34.1 Å². The number of carboxylic acids is 1. The zero-order chi connectivity index (χ0) is 22.2. The third kappa shape index (κ3) is 3.67. The lowest BCUT2D eigenvalue weighted by Gasteiger charge is -2.43. The molecule has 0 saturated carbocycles. The number of carbonyl (C=O) groups is 3. The van der Waals surface area contributed by atoms with Crippen LogP contribution in [0.2, 0.25) is 0 Å². The van der Waals surface area contributed by atoms with E-state index in [1.165, 1.54) is 44.1 Å². The van der Waals surface area contributed by atoms with E-state index in [2.05, 4.69) is 5.32 Å². The second-order valence-corrected chi connectivity index (χ2v) is 9.15. The van der Waals surface area contributed by atoms with Crippen molar-refractivity contribution < 1.29 is 33.7 Å². The van der Waals surface area contributed by atoms with Gasteiger partial charge in [0.15, 0.2) is 11.5 Å². The van der Waals surface area contributed by atoms with Crippen LogP contribution in [0.4, 0.5) is 0 Å². The van der Waals surface area contributed by atoms with E-state index in [0.29, 0.717) is 22.8 Å². The van der Waals surface area contributed by atoms with Crippen LogP contribution in [0.5, 0.6) is 17.2 Å². The first kappa shape index (κ1) is 21.8. The van der Waals surface area contributed by atoms with Crippen molar-refractivity contribution >= 4 is 35.6 Å². The zero-order valence-electron chi connectivity index (χ0n) is 17.3. The summed E-state index contributed by atoms with van der Waals surface area (Å²) in [5.74, 6) is -0.554. The quantitative estimate of drug-likeness (QED) is 0.486. The molecule has 0 unspecified atom stereocenters. The molecule has 3 atom stereocenters. The summed E-state index contributed by atoms with van der Waals surface area (Å²) in [6, 6.07) is 1.71. The number of aliphatic carboxylic acids is 1. The molecule has 10 heteroatoms. The van der Waals surface area contributed by atoms with Crippen LogP contribution in [0.3, 0.4) is 0 Å². The molecule has 2 aliphatic rings. The number of nitrogens with one attached hydrogen (secondary N) is 1. The average Bonchev–Trinajstić information content (AvgIpc) is 2.97. The molecule has 9 nitrogen and oxygen atoms in total. The second-order valence-electron chi connectivity index (χ2n) is 7.38. The Morgan fingerprint density at radius 2 is 1.77 bits per heavy atom. The molecule has 2 saturated heterocycles. The third-order valence-electron chi connectivity index (χ3n) is 5.09. The largest absolute Gasteiger partial charge is 0.493 e. The van der Waals surface area contributed by atoms with Crippen molar-refractivity contribution in [1.29, 1.82) is 0 Å². The molecule has 2 fully saturated rings. The Morgan fingerprint density at radius 3 is 2.27 bits per heavy atom. The molecule has 0 bridgehead atoms. The molecular weight excluding hydrogens is 412 g/mol. The average molecular weight is 436 g/mol. The van der Waals surface area contributed by atoms with E-state index in [1.807, 2.05) is 0 Å². The van der Waals surface area contributed by atoms with Crippen LogP contribution in [-0.4, -0.2) is 71.3 Å². The Morgan fingerprint density at radius 1 is 1.17 bits per heavy atom. The summed E-state index contributed by atoms with van der Waals surface area (Å²) in [5.41, 5.74) is 0.642. The summed E-state index contributed by atoms with van der Waals surface area (Å²) in [7, 11) is 4.49. The molecule has 0 radical (unpaired) electrons. The molecule has 2 aliphatic heterocycles. The van der Waals surface area contributed by atoms with Crippen LogP contribution in [0.25, 0.3) is 6.08 Å². The fourth-order valence-electron chi connectivity index (χ4n) is 3.72. The lowest BCUT2D eigenvalue weighted by Crippen LogP contribution is -2.70. The summed E-state index contributed by atoms with van der Waals surface area (Å²) < 4.78 is 15.2. The van der Waals surface area contributed by atoms with E-state index >= 15 is 0 Å². The summed E-state index contributed by atoms with van der Waals surface area (Å²) in [6.45, 7) is 3.57. The number of carbonyl (C=O) groups excluding carboxylic acids is 2. The first-order valence-corrected chi connectivity index (χ1v) is 10.0. The maximum atomic E-state index is 12.5. The number of ether oxygens (including phenoxy) is 3. The van der Waals surface area contributed by atoms with Crippen molar-refractivity contribution in [2.24, 2.45) is 0 Å². The van der Waals surface area contributed by atoms with Gasteiger partial charge in [0.1, 0.15) is 17.5 Å². The Bertz CT molecular complexity index is 889. The number of carboxylic acid groups (broad SMARTS) is 1. The number of β-lactam (4-membered cyclic amide) rings is 1. The van der Waals surface area contributed by atoms with Gasteiger partial charge in [0, 0.05) is 10.8 Å². The number of hydrogen-bond acceptors (Lipinski definition) is 7. The van der Waals surface area contributed by atoms with Gasteiger partial charge >= 0.3 is 5.97 Å². The molecule has 2 N–H and O–H groups in total. The van der Waals surface area contributed by atoms with Gasteiger partial charge in [-0.25, -0.2) is 4.79 Å². The molecule has 3 rings (SSSR count). The van der Waals surface area contributed by atoms with E-state index in [-0.39, 0.29) is 5.91 Å². The lowest BCUT2D eigenvalue weighted by molar-refractivity contribution is -0.160. The van der Waals surface area contributed by atoms with E-state index in [1.54, 1.807) is 32.1 Å². The van der Waals surface area contributed by atoms with E-state index in [9.17, 15) is 19.5 Å². The van der Waals surface area contributed by atoms with Crippen LogP contribution in [0.1, 0.15) is 19.4 Å². The van der Waals surface area contributed by atoms with Crippen LogP contribution < -0.4 is 19.5 Å². The van der Waals surface area contributed by atoms with Gasteiger partial charge in [0.05, 0.1) is 21.3 Å². The molecule has 2 heterocycles. The fourth-order valence-corrected chi connectivity index (χ4v) is 5.34. The van der Waals surface area contributed by atoms with Crippen LogP contribution >= 0.6 is 11.8 Å². The minimum Gasteiger partial charge on any atom is -0.493 e. The SMILES string of the molecule is COc1cc(/C=C/C(=O)N[C@@H]2C(=O)N3[C@@H](C(=O)O)C(C)(C)S[C@@H]23)cc(OC)c1OC. The summed E-state index contributed by atoms with van der Waals surface area (Å²) in [5, 5.41) is 11.7. The fraction of sp³-hybridized carbons (Fsp3) is 0.450. The number of nitrogens with zero attached hydrogens (tertiary/aromatic N) is 1. The maximum absolute atomic E-state index is 12.5. The normalized spacial score (nSPS) is 24.2. The Balaban J connectivity index is 1.71. The Kier molecular flexibility index (Phi) is 5.89. The second kappa shape index (κ2) is 8.10. The number of rotatable bonds is 7. The van der Waals surface area contributed by atoms with Gasteiger partial charge < -0.3 is 29.5 Å². The van der Waals surface area contributed by atoms with Gasteiger partial charge in [-0.15, -0.1) is 11.8 Å². The maximum Gasteiger partial charge on any atom is 0.327 e. The highest BCUT2D eigenvalue weighted by atomic mass is 32.2. The van der Waals surface area contributed by atoms with E-state index in [4.69, 9.17) is 14.2 Å². The Labute approximate surface area is 178 Å². The summed E-state index contributed by atoms with van der Waals surface area (Å²) >= 11 is 1.37.